The summed E-state index contributed by atoms with van der Waals surface area (Å²) in [6.45, 7) is 2.80. The molecule has 1 aromatic heterocycles. The first-order chi connectivity index (χ1) is 9.31. The van der Waals surface area contributed by atoms with Crippen LogP contribution in [0.1, 0.15) is 18.9 Å². The van der Waals surface area contributed by atoms with E-state index < -0.39 is 0 Å². The maximum Gasteiger partial charge on any atom is 0.130 e. The van der Waals surface area contributed by atoms with Crippen LogP contribution in [0.5, 0.6) is 5.75 Å². The number of hydrogen-bond acceptors (Lipinski definition) is 4. The van der Waals surface area contributed by atoms with E-state index >= 15 is 0 Å². The fraction of sp³-hybridized carbons (Fsp3) is 0.200. The van der Waals surface area contributed by atoms with Crippen molar-refractivity contribution in [3.8, 4) is 11.8 Å². The Hall–Kier alpha value is -2.54. The van der Waals surface area contributed by atoms with Gasteiger partial charge in [0.2, 0.25) is 0 Å². The van der Waals surface area contributed by atoms with E-state index in [1.54, 1.807) is 18.3 Å². The van der Waals surface area contributed by atoms with Crippen molar-refractivity contribution in [2.75, 3.05) is 11.9 Å². The quantitative estimate of drug-likeness (QED) is 0.886. The number of aromatic nitrogens is 1. The molecular weight excluding hydrogens is 238 g/mol. The Morgan fingerprint density at radius 3 is 2.58 bits per heavy atom. The summed E-state index contributed by atoms with van der Waals surface area (Å²) in [6.07, 6.45) is 2.54. The van der Waals surface area contributed by atoms with Crippen LogP contribution in [-0.4, -0.2) is 11.6 Å². The van der Waals surface area contributed by atoms with Crippen molar-refractivity contribution in [2.24, 2.45) is 0 Å². The predicted octanol–water partition coefficient (Wildman–Crippen LogP) is 3.49. The SMILES string of the molecule is CCCOc1ccc(Nc2ccc(C#N)cn2)cc1. The molecule has 1 heterocycles. The number of ether oxygens (including phenoxy) is 1. The molecule has 96 valence electrons. The van der Waals surface area contributed by atoms with E-state index in [2.05, 4.69) is 17.2 Å². The second-order valence-electron chi connectivity index (χ2n) is 4.04. The van der Waals surface area contributed by atoms with Crippen molar-refractivity contribution in [2.45, 2.75) is 13.3 Å². The van der Waals surface area contributed by atoms with Gasteiger partial charge in [-0.3, -0.25) is 0 Å². The zero-order valence-corrected chi connectivity index (χ0v) is 10.8. The highest BCUT2D eigenvalue weighted by atomic mass is 16.5. The third kappa shape index (κ3) is 3.71. The molecule has 4 nitrogen and oxygen atoms in total. The Bertz CT molecular complexity index is 555. The van der Waals surface area contributed by atoms with Crippen LogP contribution in [0.25, 0.3) is 0 Å². The third-order valence-corrected chi connectivity index (χ3v) is 2.49. The minimum absolute atomic E-state index is 0.550. The van der Waals surface area contributed by atoms with Gasteiger partial charge in [-0.05, 0) is 42.8 Å². The van der Waals surface area contributed by atoms with Crippen LogP contribution in [0.2, 0.25) is 0 Å². The Labute approximate surface area is 112 Å². The molecule has 0 radical (unpaired) electrons. The van der Waals surface area contributed by atoms with E-state index in [-0.39, 0.29) is 0 Å². The van der Waals surface area contributed by atoms with Crippen LogP contribution in [0.15, 0.2) is 42.6 Å². The number of pyridine rings is 1. The fourth-order valence-corrected chi connectivity index (χ4v) is 1.54. The first-order valence-electron chi connectivity index (χ1n) is 6.18. The number of anilines is 2. The van der Waals surface area contributed by atoms with Gasteiger partial charge in [-0.15, -0.1) is 0 Å². The molecule has 1 aromatic carbocycles. The second-order valence-corrected chi connectivity index (χ2v) is 4.04. The van der Waals surface area contributed by atoms with Gasteiger partial charge < -0.3 is 10.1 Å². The summed E-state index contributed by atoms with van der Waals surface area (Å²) >= 11 is 0. The fourth-order valence-electron chi connectivity index (χ4n) is 1.54. The van der Waals surface area contributed by atoms with E-state index in [4.69, 9.17) is 10.00 Å². The van der Waals surface area contributed by atoms with Gasteiger partial charge in [0.25, 0.3) is 0 Å². The van der Waals surface area contributed by atoms with Crippen LogP contribution in [0.4, 0.5) is 11.5 Å². The maximum atomic E-state index is 8.70. The number of benzene rings is 1. The summed E-state index contributed by atoms with van der Waals surface area (Å²) in [4.78, 5) is 4.15. The van der Waals surface area contributed by atoms with Crippen molar-refractivity contribution in [1.82, 2.24) is 4.98 Å². The summed E-state index contributed by atoms with van der Waals surface area (Å²) < 4.78 is 5.51. The minimum atomic E-state index is 0.550. The van der Waals surface area contributed by atoms with Crippen molar-refractivity contribution in [3.05, 3.63) is 48.2 Å². The topological polar surface area (TPSA) is 57.9 Å². The number of nitrogens with one attached hydrogen (secondary N) is 1. The van der Waals surface area contributed by atoms with Crippen molar-refractivity contribution in [1.29, 1.82) is 5.26 Å². The number of nitrogens with zero attached hydrogens (tertiary/aromatic N) is 2. The lowest BCUT2D eigenvalue weighted by Gasteiger charge is -2.07. The Morgan fingerprint density at radius 1 is 1.21 bits per heavy atom. The smallest absolute Gasteiger partial charge is 0.130 e. The lowest BCUT2D eigenvalue weighted by molar-refractivity contribution is 0.317. The van der Waals surface area contributed by atoms with Crippen molar-refractivity contribution in [3.63, 3.8) is 0 Å². The van der Waals surface area contributed by atoms with E-state index in [1.807, 2.05) is 30.3 Å². The molecular formula is C15H15N3O. The zero-order valence-electron chi connectivity index (χ0n) is 10.8. The molecule has 4 heteroatoms. The molecule has 0 fully saturated rings. The molecule has 19 heavy (non-hydrogen) atoms. The molecule has 0 aliphatic rings. The molecule has 2 aromatic rings. The van der Waals surface area contributed by atoms with E-state index in [9.17, 15) is 0 Å². The van der Waals surface area contributed by atoms with Gasteiger partial charge in [-0.2, -0.15) is 5.26 Å². The summed E-state index contributed by atoms with van der Waals surface area (Å²) in [6, 6.07) is 13.3. The Balaban J connectivity index is 2.00. The Morgan fingerprint density at radius 2 is 2.00 bits per heavy atom. The zero-order chi connectivity index (χ0) is 13.5. The second kappa shape index (κ2) is 6.41. The average Bonchev–Trinajstić information content (AvgIpc) is 2.47. The van der Waals surface area contributed by atoms with Gasteiger partial charge in [-0.1, -0.05) is 6.92 Å². The minimum Gasteiger partial charge on any atom is -0.494 e. The predicted molar refractivity (Wildman–Crippen MR) is 74.5 cm³/mol. The highest BCUT2D eigenvalue weighted by Gasteiger charge is 1.98. The summed E-state index contributed by atoms with van der Waals surface area (Å²) in [5, 5.41) is 11.9. The molecule has 0 saturated heterocycles. The summed E-state index contributed by atoms with van der Waals surface area (Å²) in [7, 11) is 0. The van der Waals surface area contributed by atoms with Gasteiger partial charge in [0, 0.05) is 11.9 Å². The maximum absolute atomic E-state index is 8.70. The van der Waals surface area contributed by atoms with Gasteiger partial charge in [-0.25, -0.2) is 4.98 Å². The molecule has 0 saturated carbocycles. The molecule has 0 spiro atoms. The first kappa shape index (κ1) is 12.9. The largest absolute Gasteiger partial charge is 0.494 e. The summed E-state index contributed by atoms with van der Waals surface area (Å²) in [5.41, 5.74) is 1.48. The normalized spacial score (nSPS) is 9.68. The molecule has 0 unspecified atom stereocenters. The third-order valence-electron chi connectivity index (χ3n) is 2.49. The van der Waals surface area contributed by atoms with Crippen LogP contribution in [-0.2, 0) is 0 Å². The number of hydrogen-bond donors (Lipinski definition) is 1. The Kier molecular flexibility index (Phi) is 4.35. The first-order valence-corrected chi connectivity index (χ1v) is 6.18. The number of nitriles is 1. The lowest BCUT2D eigenvalue weighted by atomic mass is 10.3. The van der Waals surface area contributed by atoms with Crippen LogP contribution < -0.4 is 10.1 Å². The van der Waals surface area contributed by atoms with Gasteiger partial charge in [0.05, 0.1) is 12.2 Å². The van der Waals surface area contributed by atoms with E-state index in [0.717, 1.165) is 24.5 Å². The van der Waals surface area contributed by atoms with Crippen LogP contribution in [0.3, 0.4) is 0 Å². The number of rotatable bonds is 5. The molecule has 0 amide bonds. The lowest BCUT2D eigenvalue weighted by Crippen LogP contribution is -1.96. The van der Waals surface area contributed by atoms with Crippen LogP contribution >= 0.6 is 0 Å². The van der Waals surface area contributed by atoms with Gasteiger partial charge in [0.15, 0.2) is 0 Å². The highest BCUT2D eigenvalue weighted by molar-refractivity contribution is 5.57. The highest BCUT2D eigenvalue weighted by Crippen LogP contribution is 2.19. The monoisotopic (exact) mass is 253 g/mol. The molecule has 0 aliphatic heterocycles. The van der Waals surface area contributed by atoms with Gasteiger partial charge >= 0.3 is 0 Å². The average molecular weight is 253 g/mol. The summed E-state index contributed by atoms with van der Waals surface area (Å²) in [5.74, 6) is 1.57. The molecule has 0 aliphatic carbocycles. The van der Waals surface area contributed by atoms with Crippen molar-refractivity contribution < 1.29 is 4.74 Å². The standard InChI is InChI=1S/C15H15N3O/c1-2-9-19-14-6-4-13(5-7-14)18-15-8-3-12(10-16)11-17-15/h3-8,11H,2,9H2,1H3,(H,17,18). The van der Waals surface area contributed by atoms with E-state index in [1.165, 1.54) is 0 Å². The van der Waals surface area contributed by atoms with Gasteiger partial charge in [0.1, 0.15) is 17.6 Å². The van der Waals surface area contributed by atoms with Crippen LogP contribution in [0, 0.1) is 11.3 Å². The molecule has 1 N–H and O–H groups in total. The van der Waals surface area contributed by atoms with Crippen molar-refractivity contribution >= 4 is 11.5 Å². The van der Waals surface area contributed by atoms with E-state index in [0.29, 0.717) is 11.4 Å². The molecule has 0 bridgehead atoms. The molecule has 2 rings (SSSR count). The molecule has 0 atom stereocenters.